The summed E-state index contributed by atoms with van der Waals surface area (Å²) in [5, 5.41) is 31.3. The minimum atomic E-state index is -1.08. The van der Waals surface area contributed by atoms with Crippen LogP contribution in [0.15, 0.2) is 71.1 Å². The van der Waals surface area contributed by atoms with Gasteiger partial charge in [0.05, 0.1) is 18.6 Å². The maximum absolute atomic E-state index is 10.9. The number of aliphatic carboxylic acids is 1. The van der Waals surface area contributed by atoms with Crippen LogP contribution in [0.2, 0.25) is 0 Å². The summed E-state index contributed by atoms with van der Waals surface area (Å²) in [5.74, 6) is -1.06. The van der Waals surface area contributed by atoms with Crippen LogP contribution >= 0.6 is 0 Å². The monoisotopic (exact) mass is 376 g/mol. The first-order valence-corrected chi connectivity index (χ1v) is 9.09. The Morgan fingerprint density at radius 2 is 1.39 bits per heavy atom. The van der Waals surface area contributed by atoms with E-state index < -0.39 is 18.2 Å². The summed E-state index contributed by atoms with van der Waals surface area (Å²) in [6, 6.07) is 20.5. The SMILES string of the molecule is O=C(O)CC(O)c1ccc2oc3ccc(C(O)Cc4ccccc4)cc3c2c1. The first kappa shape index (κ1) is 18.2. The van der Waals surface area contributed by atoms with Crippen LogP contribution in [0.5, 0.6) is 0 Å². The van der Waals surface area contributed by atoms with Crippen LogP contribution in [-0.2, 0) is 11.2 Å². The van der Waals surface area contributed by atoms with Crippen molar-refractivity contribution in [3.05, 3.63) is 83.4 Å². The third-order valence-electron chi connectivity index (χ3n) is 4.93. The number of aliphatic hydroxyl groups is 2. The molecular weight excluding hydrogens is 356 g/mol. The van der Waals surface area contributed by atoms with E-state index in [-0.39, 0.29) is 6.42 Å². The molecule has 2 unspecified atom stereocenters. The predicted molar refractivity (Wildman–Crippen MR) is 106 cm³/mol. The van der Waals surface area contributed by atoms with Gasteiger partial charge in [-0.3, -0.25) is 4.79 Å². The number of rotatable bonds is 6. The van der Waals surface area contributed by atoms with Gasteiger partial charge in [0.25, 0.3) is 0 Å². The standard InChI is InChI=1S/C23H20O5/c24-19(10-14-4-2-1-3-5-14)15-6-8-21-17(11-15)18-12-16(7-9-22(18)28-21)20(25)13-23(26)27/h1-9,11-12,19-20,24-25H,10,13H2,(H,26,27). The normalized spacial score (nSPS) is 13.6. The summed E-state index contributed by atoms with van der Waals surface area (Å²) < 4.78 is 5.84. The molecule has 5 heteroatoms. The molecule has 0 spiro atoms. The molecule has 0 bridgehead atoms. The average molecular weight is 376 g/mol. The smallest absolute Gasteiger partial charge is 0.306 e. The summed E-state index contributed by atoms with van der Waals surface area (Å²) in [6.45, 7) is 0. The average Bonchev–Trinajstić information content (AvgIpc) is 3.05. The Kier molecular flexibility index (Phi) is 4.86. The Balaban J connectivity index is 1.70. The van der Waals surface area contributed by atoms with E-state index in [1.54, 1.807) is 18.2 Å². The van der Waals surface area contributed by atoms with Gasteiger partial charge < -0.3 is 19.7 Å². The fraction of sp³-hybridized carbons (Fsp3) is 0.174. The van der Waals surface area contributed by atoms with Crippen LogP contribution in [0.25, 0.3) is 21.9 Å². The minimum absolute atomic E-state index is 0.359. The van der Waals surface area contributed by atoms with Gasteiger partial charge in [0, 0.05) is 17.2 Å². The van der Waals surface area contributed by atoms with Crippen LogP contribution < -0.4 is 0 Å². The number of benzene rings is 3. The Hall–Kier alpha value is -3.15. The molecule has 0 radical (unpaired) electrons. The highest BCUT2D eigenvalue weighted by Gasteiger charge is 2.16. The number of hydrogen-bond acceptors (Lipinski definition) is 4. The van der Waals surface area contributed by atoms with Gasteiger partial charge in [-0.2, -0.15) is 0 Å². The van der Waals surface area contributed by atoms with Crippen LogP contribution in [0.4, 0.5) is 0 Å². The molecule has 0 aliphatic heterocycles. The molecule has 0 fully saturated rings. The van der Waals surface area contributed by atoms with Crippen molar-refractivity contribution in [2.75, 3.05) is 0 Å². The lowest BCUT2D eigenvalue weighted by Gasteiger charge is -2.11. The van der Waals surface area contributed by atoms with E-state index in [1.807, 2.05) is 48.5 Å². The van der Waals surface area contributed by atoms with E-state index in [0.29, 0.717) is 23.2 Å². The largest absolute Gasteiger partial charge is 0.481 e. The van der Waals surface area contributed by atoms with Crippen molar-refractivity contribution in [1.82, 2.24) is 0 Å². The zero-order valence-electron chi connectivity index (χ0n) is 15.1. The van der Waals surface area contributed by atoms with Crippen molar-refractivity contribution >= 4 is 27.9 Å². The van der Waals surface area contributed by atoms with Crippen LogP contribution in [-0.4, -0.2) is 21.3 Å². The second-order valence-electron chi connectivity index (χ2n) is 6.93. The van der Waals surface area contributed by atoms with Gasteiger partial charge in [-0.25, -0.2) is 0 Å². The Bertz CT molecular complexity index is 1130. The summed E-state index contributed by atoms with van der Waals surface area (Å²) in [6.07, 6.45) is -1.59. The van der Waals surface area contributed by atoms with Gasteiger partial charge in [-0.05, 0) is 41.0 Å². The molecule has 0 saturated carbocycles. The highest BCUT2D eigenvalue weighted by molar-refractivity contribution is 6.05. The number of carbonyl (C=O) groups is 1. The lowest BCUT2D eigenvalue weighted by atomic mass is 9.98. The highest BCUT2D eigenvalue weighted by atomic mass is 16.4. The van der Waals surface area contributed by atoms with Crippen LogP contribution in [0.3, 0.4) is 0 Å². The molecule has 0 saturated heterocycles. The second kappa shape index (κ2) is 7.46. The zero-order valence-corrected chi connectivity index (χ0v) is 15.1. The number of aliphatic hydroxyl groups excluding tert-OH is 2. The molecular formula is C23H20O5. The molecule has 2 atom stereocenters. The Labute approximate surface area is 161 Å². The van der Waals surface area contributed by atoms with E-state index in [0.717, 1.165) is 21.9 Å². The molecule has 4 aromatic rings. The van der Waals surface area contributed by atoms with Crippen molar-refractivity contribution < 1.29 is 24.5 Å². The number of hydrogen-bond donors (Lipinski definition) is 3. The summed E-state index contributed by atoms with van der Waals surface area (Å²) >= 11 is 0. The van der Waals surface area contributed by atoms with Crippen molar-refractivity contribution in [2.45, 2.75) is 25.0 Å². The fourth-order valence-electron chi connectivity index (χ4n) is 3.47. The molecule has 5 nitrogen and oxygen atoms in total. The van der Waals surface area contributed by atoms with Crippen molar-refractivity contribution in [3.8, 4) is 0 Å². The molecule has 3 N–H and O–H groups in total. The summed E-state index contributed by atoms with van der Waals surface area (Å²) in [7, 11) is 0. The van der Waals surface area contributed by atoms with Crippen molar-refractivity contribution in [1.29, 1.82) is 0 Å². The van der Waals surface area contributed by atoms with E-state index in [2.05, 4.69) is 0 Å². The molecule has 1 aromatic heterocycles. The molecule has 4 rings (SSSR count). The molecule has 3 aromatic carbocycles. The first-order valence-electron chi connectivity index (χ1n) is 9.09. The van der Waals surface area contributed by atoms with Crippen LogP contribution in [0.1, 0.15) is 35.3 Å². The van der Waals surface area contributed by atoms with Gasteiger partial charge in [0.15, 0.2) is 0 Å². The molecule has 142 valence electrons. The molecule has 28 heavy (non-hydrogen) atoms. The van der Waals surface area contributed by atoms with E-state index in [1.165, 1.54) is 0 Å². The van der Waals surface area contributed by atoms with Gasteiger partial charge in [0.1, 0.15) is 11.2 Å². The number of furan rings is 1. The summed E-state index contributed by atoms with van der Waals surface area (Å²) in [4.78, 5) is 10.9. The number of fused-ring (bicyclic) bond motifs is 3. The number of carboxylic acid groups (broad SMARTS) is 1. The van der Waals surface area contributed by atoms with Crippen molar-refractivity contribution in [2.24, 2.45) is 0 Å². The van der Waals surface area contributed by atoms with Crippen LogP contribution in [0, 0.1) is 0 Å². The molecule has 0 aliphatic rings. The zero-order chi connectivity index (χ0) is 19.7. The highest BCUT2D eigenvalue weighted by Crippen LogP contribution is 2.33. The first-order chi connectivity index (χ1) is 13.5. The topological polar surface area (TPSA) is 90.9 Å². The third kappa shape index (κ3) is 3.63. The fourth-order valence-corrected chi connectivity index (χ4v) is 3.47. The lowest BCUT2D eigenvalue weighted by Crippen LogP contribution is -2.05. The molecule has 0 amide bonds. The van der Waals surface area contributed by atoms with Gasteiger partial charge in [-0.15, -0.1) is 0 Å². The maximum atomic E-state index is 10.9. The predicted octanol–water partition coefficient (Wildman–Crippen LogP) is 4.37. The molecule has 1 heterocycles. The Morgan fingerprint density at radius 3 is 1.96 bits per heavy atom. The summed E-state index contributed by atoms with van der Waals surface area (Å²) in [5.41, 5.74) is 3.67. The minimum Gasteiger partial charge on any atom is -0.481 e. The van der Waals surface area contributed by atoms with Crippen molar-refractivity contribution in [3.63, 3.8) is 0 Å². The second-order valence-corrected chi connectivity index (χ2v) is 6.93. The van der Waals surface area contributed by atoms with E-state index in [9.17, 15) is 15.0 Å². The van der Waals surface area contributed by atoms with Gasteiger partial charge >= 0.3 is 5.97 Å². The molecule has 0 aliphatic carbocycles. The maximum Gasteiger partial charge on any atom is 0.306 e. The van der Waals surface area contributed by atoms with E-state index in [4.69, 9.17) is 9.52 Å². The van der Waals surface area contributed by atoms with Gasteiger partial charge in [-0.1, -0.05) is 42.5 Å². The number of carboxylic acids is 1. The van der Waals surface area contributed by atoms with E-state index >= 15 is 0 Å². The Morgan fingerprint density at radius 1 is 0.821 bits per heavy atom. The quantitative estimate of drug-likeness (QED) is 0.465. The third-order valence-corrected chi connectivity index (χ3v) is 4.93. The van der Waals surface area contributed by atoms with Gasteiger partial charge in [0.2, 0.25) is 0 Å². The lowest BCUT2D eigenvalue weighted by molar-refractivity contribution is -0.139.